The molecule has 0 saturated heterocycles. The van der Waals surface area contributed by atoms with Crippen LogP contribution < -0.4 is 0 Å². The van der Waals surface area contributed by atoms with Gasteiger partial charge in [0.25, 0.3) is 11.8 Å². The van der Waals surface area contributed by atoms with Gasteiger partial charge in [-0.15, -0.1) is 0 Å². The minimum absolute atomic E-state index is 0.128. The SMILES string of the molecule is CCC1=C(C(C)C)C(=O)N(C)C1=O. The van der Waals surface area contributed by atoms with Crippen molar-refractivity contribution in [3.8, 4) is 0 Å². The van der Waals surface area contributed by atoms with Crippen LogP contribution in [0.1, 0.15) is 27.2 Å². The van der Waals surface area contributed by atoms with E-state index in [9.17, 15) is 9.59 Å². The van der Waals surface area contributed by atoms with Gasteiger partial charge in [0.2, 0.25) is 0 Å². The van der Waals surface area contributed by atoms with Crippen LogP contribution in [-0.2, 0) is 9.59 Å². The third-order valence-electron chi connectivity index (χ3n) is 2.35. The first kappa shape index (κ1) is 9.96. The van der Waals surface area contributed by atoms with Crippen molar-refractivity contribution in [2.45, 2.75) is 27.2 Å². The zero-order valence-corrected chi connectivity index (χ0v) is 8.55. The van der Waals surface area contributed by atoms with Gasteiger partial charge in [-0.05, 0) is 12.3 Å². The number of amides is 2. The Morgan fingerprint density at radius 2 is 1.77 bits per heavy atom. The number of rotatable bonds is 2. The van der Waals surface area contributed by atoms with Crippen molar-refractivity contribution in [1.29, 1.82) is 0 Å². The van der Waals surface area contributed by atoms with Crippen molar-refractivity contribution >= 4 is 11.8 Å². The van der Waals surface area contributed by atoms with E-state index in [0.717, 1.165) is 0 Å². The highest BCUT2D eigenvalue weighted by molar-refractivity contribution is 6.19. The molecule has 0 radical (unpaired) electrons. The van der Waals surface area contributed by atoms with Gasteiger partial charge in [-0.3, -0.25) is 14.5 Å². The third kappa shape index (κ3) is 1.39. The van der Waals surface area contributed by atoms with Gasteiger partial charge >= 0.3 is 0 Å². The predicted molar refractivity (Wildman–Crippen MR) is 49.9 cm³/mol. The molecule has 0 aliphatic carbocycles. The Kier molecular flexibility index (Phi) is 2.55. The summed E-state index contributed by atoms with van der Waals surface area (Å²) in [4.78, 5) is 24.3. The first-order valence-corrected chi connectivity index (χ1v) is 4.56. The normalized spacial score (nSPS) is 18.1. The van der Waals surface area contributed by atoms with Crippen molar-refractivity contribution < 1.29 is 9.59 Å². The molecule has 13 heavy (non-hydrogen) atoms. The van der Waals surface area contributed by atoms with Crippen LogP contribution in [0.15, 0.2) is 11.1 Å². The second-order valence-electron chi connectivity index (χ2n) is 3.57. The second-order valence-corrected chi connectivity index (χ2v) is 3.57. The minimum Gasteiger partial charge on any atom is -0.278 e. The molecule has 0 spiro atoms. The number of imide groups is 1. The van der Waals surface area contributed by atoms with E-state index < -0.39 is 0 Å². The predicted octanol–water partition coefficient (Wildman–Crippen LogP) is 1.35. The fraction of sp³-hybridized carbons (Fsp3) is 0.600. The van der Waals surface area contributed by atoms with Gasteiger partial charge < -0.3 is 0 Å². The monoisotopic (exact) mass is 181 g/mol. The first-order valence-electron chi connectivity index (χ1n) is 4.56. The Morgan fingerprint density at radius 1 is 1.23 bits per heavy atom. The highest BCUT2D eigenvalue weighted by Gasteiger charge is 2.35. The summed E-state index contributed by atoms with van der Waals surface area (Å²) in [5.41, 5.74) is 1.37. The standard InChI is InChI=1S/C10H15NO2/c1-5-7-8(6(2)3)10(13)11(4)9(7)12/h6H,5H2,1-4H3. The van der Waals surface area contributed by atoms with Crippen LogP contribution in [0.5, 0.6) is 0 Å². The molecule has 3 heteroatoms. The molecule has 0 bridgehead atoms. The lowest BCUT2D eigenvalue weighted by Gasteiger charge is -2.07. The van der Waals surface area contributed by atoms with Gasteiger partial charge in [-0.2, -0.15) is 0 Å². The summed E-state index contributed by atoms with van der Waals surface area (Å²) in [5.74, 6) is -0.121. The van der Waals surface area contributed by atoms with Crippen LogP contribution in [0.25, 0.3) is 0 Å². The average Bonchev–Trinajstić information content (AvgIpc) is 2.29. The van der Waals surface area contributed by atoms with Crippen molar-refractivity contribution in [2.75, 3.05) is 7.05 Å². The molecule has 0 N–H and O–H groups in total. The van der Waals surface area contributed by atoms with E-state index in [1.54, 1.807) is 0 Å². The molecule has 3 nitrogen and oxygen atoms in total. The van der Waals surface area contributed by atoms with Crippen LogP contribution >= 0.6 is 0 Å². The zero-order chi connectivity index (χ0) is 10.2. The highest BCUT2D eigenvalue weighted by atomic mass is 16.2. The third-order valence-corrected chi connectivity index (χ3v) is 2.35. The van der Waals surface area contributed by atoms with E-state index in [4.69, 9.17) is 0 Å². The maximum absolute atomic E-state index is 11.6. The second kappa shape index (κ2) is 3.32. The fourth-order valence-corrected chi connectivity index (χ4v) is 1.66. The smallest absolute Gasteiger partial charge is 0.257 e. The minimum atomic E-state index is -0.129. The number of hydrogen-bond donors (Lipinski definition) is 0. The molecule has 0 aromatic heterocycles. The van der Waals surface area contributed by atoms with Crippen molar-refractivity contribution in [3.63, 3.8) is 0 Å². The van der Waals surface area contributed by atoms with E-state index in [0.29, 0.717) is 17.6 Å². The number of carbonyl (C=O) groups is 2. The lowest BCUT2D eigenvalue weighted by molar-refractivity contribution is -0.136. The van der Waals surface area contributed by atoms with Crippen LogP contribution in [0.2, 0.25) is 0 Å². The fourth-order valence-electron chi connectivity index (χ4n) is 1.66. The molecule has 0 aromatic carbocycles. The van der Waals surface area contributed by atoms with Crippen LogP contribution in [0.3, 0.4) is 0 Å². The van der Waals surface area contributed by atoms with E-state index in [2.05, 4.69) is 0 Å². The quantitative estimate of drug-likeness (QED) is 0.603. The largest absolute Gasteiger partial charge is 0.278 e. The van der Waals surface area contributed by atoms with E-state index in [1.165, 1.54) is 11.9 Å². The van der Waals surface area contributed by atoms with Gasteiger partial charge in [0.15, 0.2) is 0 Å². The first-order chi connectivity index (χ1) is 6.00. The molecule has 1 aliphatic rings. The molecule has 1 aliphatic heterocycles. The van der Waals surface area contributed by atoms with Gasteiger partial charge in [-0.1, -0.05) is 20.8 Å². The lowest BCUT2D eigenvalue weighted by atomic mass is 9.98. The van der Waals surface area contributed by atoms with Gasteiger partial charge in [0.05, 0.1) is 0 Å². The van der Waals surface area contributed by atoms with Crippen LogP contribution in [0, 0.1) is 5.92 Å². The van der Waals surface area contributed by atoms with E-state index in [-0.39, 0.29) is 17.7 Å². The van der Waals surface area contributed by atoms with Gasteiger partial charge in [0.1, 0.15) is 0 Å². The zero-order valence-electron chi connectivity index (χ0n) is 8.55. The van der Waals surface area contributed by atoms with Crippen LogP contribution in [0.4, 0.5) is 0 Å². The Hall–Kier alpha value is -1.12. The maximum atomic E-state index is 11.6. The van der Waals surface area contributed by atoms with E-state index >= 15 is 0 Å². The molecular weight excluding hydrogens is 166 g/mol. The maximum Gasteiger partial charge on any atom is 0.257 e. The molecule has 72 valence electrons. The van der Waals surface area contributed by atoms with Crippen molar-refractivity contribution in [3.05, 3.63) is 11.1 Å². The van der Waals surface area contributed by atoms with Crippen LogP contribution in [-0.4, -0.2) is 23.8 Å². The molecule has 1 heterocycles. The molecule has 1 rings (SSSR count). The Morgan fingerprint density at radius 3 is 2.08 bits per heavy atom. The molecule has 0 fully saturated rings. The molecule has 0 saturated carbocycles. The Labute approximate surface area is 78.4 Å². The number of carbonyl (C=O) groups excluding carboxylic acids is 2. The van der Waals surface area contributed by atoms with Crippen molar-refractivity contribution in [1.82, 2.24) is 4.90 Å². The number of nitrogens with zero attached hydrogens (tertiary/aromatic N) is 1. The summed E-state index contributed by atoms with van der Waals surface area (Å²) < 4.78 is 0. The summed E-state index contributed by atoms with van der Waals surface area (Å²) in [6.45, 7) is 5.78. The lowest BCUT2D eigenvalue weighted by Crippen LogP contribution is -2.27. The summed E-state index contributed by atoms with van der Waals surface area (Å²) >= 11 is 0. The van der Waals surface area contributed by atoms with Crippen molar-refractivity contribution in [2.24, 2.45) is 5.92 Å². The molecule has 2 amide bonds. The highest BCUT2D eigenvalue weighted by Crippen LogP contribution is 2.27. The molecule has 0 unspecified atom stereocenters. The van der Waals surface area contributed by atoms with Gasteiger partial charge in [0, 0.05) is 18.2 Å². The number of hydrogen-bond acceptors (Lipinski definition) is 2. The Bertz CT molecular complexity index is 289. The van der Waals surface area contributed by atoms with E-state index in [1.807, 2.05) is 20.8 Å². The average molecular weight is 181 g/mol. The summed E-state index contributed by atoms with van der Waals surface area (Å²) in [6.07, 6.45) is 0.641. The summed E-state index contributed by atoms with van der Waals surface area (Å²) in [7, 11) is 1.54. The molecule has 0 atom stereocenters. The van der Waals surface area contributed by atoms with Gasteiger partial charge in [-0.25, -0.2) is 0 Å². The molecular formula is C10H15NO2. The topological polar surface area (TPSA) is 37.4 Å². The Balaban J connectivity index is 3.17. The number of likely N-dealkylation sites (N-methyl/N-ethyl adjacent to an activating group) is 1. The molecule has 0 aromatic rings. The summed E-state index contributed by atoms with van der Waals surface area (Å²) in [5, 5.41) is 0. The summed E-state index contributed by atoms with van der Waals surface area (Å²) in [6, 6.07) is 0.